The number of carbonyl (C=O) groups is 3. The summed E-state index contributed by atoms with van der Waals surface area (Å²) in [6.45, 7) is 0.731. The van der Waals surface area contributed by atoms with Crippen molar-refractivity contribution in [3.63, 3.8) is 0 Å². The summed E-state index contributed by atoms with van der Waals surface area (Å²) in [7, 11) is 0. The molecule has 1 aromatic heterocycles. The minimum atomic E-state index is -0.693. The average molecular weight is 460 g/mol. The average Bonchev–Trinajstić information content (AvgIpc) is 3.29. The van der Waals surface area contributed by atoms with Gasteiger partial charge in [-0.2, -0.15) is 11.8 Å². The number of carbonyl (C=O) groups excluding carboxylic acids is 3. The lowest BCUT2D eigenvalue weighted by atomic mass is 9.98. The molecule has 3 rings (SSSR count). The Kier molecular flexibility index (Phi) is 6.63. The number of urea groups is 1. The number of imide groups is 1. The van der Waals surface area contributed by atoms with Crippen molar-refractivity contribution in [2.24, 2.45) is 0 Å². The van der Waals surface area contributed by atoms with Crippen LogP contribution in [0.5, 0.6) is 0 Å². The van der Waals surface area contributed by atoms with E-state index in [1.165, 1.54) is 9.78 Å². The third-order valence-electron chi connectivity index (χ3n) is 4.71. The summed E-state index contributed by atoms with van der Waals surface area (Å²) in [5, 5.41) is 5.68. The van der Waals surface area contributed by atoms with Crippen LogP contribution >= 0.6 is 39.0 Å². The first kappa shape index (κ1) is 19.7. The fourth-order valence-electron chi connectivity index (χ4n) is 3.36. The van der Waals surface area contributed by atoms with Crippen molar-refractivity contribution in [1.29, 1.82) is 0 Å². The number of rotatable bonds is 8. The Balaban J connectivity index is 1.32. The molecule has 0 atom stereocenters. The smallest absolute Gasteiger partial charge is 0.325 e. The van der Waals surface area contributed by atoms with Crippen LogP contribution in [-0.2, 0) is 15.3 Å². The molecule has 6 nitrogen and oxygen atoms in total. The monoisotopic (exact) mass is 459 g/mol. The van der Waals surface area contributed by atoms with Gasteiger partial charge in [-0.3, -0.25) is 14.5 Å². The molecular formula is C17H22BrN3O3S2. The van der Waals surface area contributed by atoms with Gasteiger partial charge in [-0.15, -0.1) is 11.3 Å². The summed E-state index contributed by atoms with van der Waals surface area (Å²) in [4.78, 5) is 39.0. The number of thioether (sulfide) groups is 1. The van der Waals surface area contributed by atoms with Gasteiger partial charge in [0.15, 0.2) is 0 Å². The molecule has 2 aliphatic rings. The Morgan fingerprint density at radius 1 is 1.35 bits per heavy atom. The van der Waals surface area contributed by atoms with Crippen LogP contribution in [0.4, 0.5) is 4.79 Å². The zero-order chi connectivity index (χ0) is 18.6. The molecule has 26 heavy (non-hydrogen) atoms. The fourth-order valence-corrected chi connectivity index (χ4v) is 5.82. The highest BCUT2D eigenvalue weighted by atomic mass is 79.9. The van der Waals surface area contributed by atoms with Gasteiger partial charge in [0.25, 0.3) is 5.91 Å². The van der Waals surface area contributed by atoms with E-state index in [0.29, 0.717) is 19.4 Å². The van der Waals surface area contributed by atoms with Crippen LogP contribution < -0.4 is 10.6 Å². The first-order valence-corrected chi connectivity index (χ1v) is 11.5. The van der Waals surface area contributed by atoms with E-state index in [1.54, 1.807) is 23.1 Å². The summed E-state index contributed by atoms with van der Waals surface area (Å²) < 4.78 is 1.13. The molecule has 2 heterocycles. The van der Waals surface area contributed by atoms with Gasteiger partial charge in [0.2, 0.25) is 5.91 Å². The van der Waals surface area contributed by atoms with Crippen molar-refractivity contribution in [3.8, 4) is 0 Å². The summed E-state index contributed by atoms with van der Waals surface area (Å²) in [5.74, 6) is 1.47. The second kappa shape index (κ2) is 8.75. The first-order chi connectivity index (χ1) is 12.5. The number of amides is 4. The number of nitrogens with zero attached hydrogens (tertiary/aromatic N) is 1. The highest BCUT2D eigenvalue weighted by Gasteiger charge is 2.52. The highest BCUT2D eigenvalue weighted by Crippen LogP contribution is 2.35. The molecule has 1 saturated carbocycles. The molecule has 1 saturated heterocycles. The normalized spacial score (nSPS) is 18.6. The lowest BCUT2D eigenvalue weighted by Gasteiger charge is -2.19. The first-order valence-electron chi connectivity index (χ1n) is 8.73. The second-order valence-corrected chi connectivity index (χ2v) is 10.2. The molecule has 142 valence electrons. The highest BCUT2D eigenvalue weighted by molar-refractivity contribution is 9.11. The predicted molar refractivity (Wildman–Crippen MR) is 107 cm³/mol. The minimum Gasteiger partial charge on any atom is -0.355 e. The van der Waals surface area contributed by atoms with E-state index in [4.69, 9.17) is 0 Å². The summed E-state index contributed by atoms with van der Waals surface area (Å²) in [5.41, 5.74) is -0.693. The van der Waals surface area contributed by atoms with Crippen molar-refractivity contribution < 1.29 is 14.4 Å². The molecule has 1 spiro atoms. The minimum absolute atomic E-state index is 0.127. The Morgan fingerprint density at radius 3 is 2.81 bits per heavy atom. The predicted octanol–water partition coefficient (Wildman–Crippen LogP) is 3.11. The number of thiophene rings is 1. The zero-order valence-corrected chi connectivity index (χ0v) is 17.6. The lowest BCUT2D eigenvalue weighted by molar-refractivity contribution is -0.131. The van der Waals surface area contributed by atoms with Crippen molar-refractivity contribution in [1.82, 2.24) is 15.5 Å². The van der Waals surface area contributed by atoms with Gasteiger partial charge in [-0.1, -0.05) is 12.8 Å². The topological polar surface area (TPSA) is 78.5 Å². The maximum atomic E-state index is 12.5. The van der Waals surface area contributed by atoms with Crippen LogP contribution in [0.2, 0.25) is 0 Å². The molecule has 1 aliphatic carbocycles. The zero-order valence-electron chi connectivity index (χ0n) is 14.4. The van der Waals surface area contributed by atoms with Crippen LogP contribution in [0.15, 0.2) is 15.9 Å². The van der Waals surface area contributed by atoms with Crippen LogP contribution in [0.25, 0.3) is 0 Å². The third-order valence-corrected chi connectivity index (χ3v) is 7.52. The fraction of sp³-hybridized carbons (Fsp3) is 0.588. The molecule has 2 N–H and O–H groups in total. The molecule has 0 unspecified atom stereocenters. The van der Waals surface area contributed by atoms with Gasteiger partial charge >= 0.3 is 6.03 Å². The molecule has 0 radical (unpaired) electrons. The summed E-state index contributed by atoms with van der Waals surface area (Å²) in [6, 6.07) is 3.77. The number of hydrogen-bond acceptors (Lipinski definition) is 5. The summed E-state index contributed by atoms with van der Waals surface area (Å²) in [6.07, 6.45) is 3.48. The molecule has 1 aliphatic heterocycles. The third kappa shape index (κ3) is 4.61. The van der Waals surface area contributed by atoms with E-state index in [9.17, 15) is 14.4 Å². The molecule has 1 aromatic rings. The van der Waals surface area contributed by atoms with Gasteiger partial charge in [-0.25, -0.2) is 4.79 Å². The van der Waals surface area contributed by atoms with Crippen molar-refractivity contribution >= 4 is 56.9 Å². The molecule has 0 aromatic carbocycles. The SMILES string of the molecule is O=C(CCN1C(=O)NC2(CCCC2)C1=O)NCCSCc1ccc(Br)s1. The number of halogens is 1. The van der Waals surface area contributed by atoms with Gasteiger partial charge in [-0.05, 0) is 40.9 Å². The Labute approximate surface area is 169 Å². The van der Waals surface area contributed by atoms with Crippen LogP contribution in [0.1, 0.15) is 37.0 Å². The van der Waals surface area contributed by atoms with Gasteiger partial charge in [0, 0.05) is 35.9 Å². The van der Waals surface area contributed by atoms with E-state index in [-0.39, 0.29) is 30.8 Å². The summed E-state index contributed by atoms with van der Waals surface area (Å²) >= 11 is 6.92. The molecular weight excluding hydrogens is 438 g/mol. The molecule has 2 fully saturated rings. The largest absolute Gasteiger partial charge is 0.355 e. The lowest BCUT2D eigenvalue weighted by Crippen LogP contribution is -2.44. The van der Waals surface area contributed by atoms with E-state index >= 15 is 0 Å². The Bertz CT molecular complexity index is 689. The number of hydrogen-bond donors (Lipinski definition) is 2. The van der Waals surface area contributed by atoms with E-state index in [1.807, 2.05) is 6.07 Å². The van der Waals surface area contributed by atoms with Gasteiger partial charge in [0.1, 0.15) is 5.54 Å². The quantitative estimate of drug-likeness (QED) is 0.462. The second-order valence-electron chi connectivity index (χ2n) is 6.53. The number of nitrogens with one attached hydrogen (secondary N) is 2. The molecule has 4 amide bonds. The van der Waals surface area contributed by atoms with E-state index < -0.39 is 5.54 Å². The Morgan fingerprint density at radius 2 is 2.12 bits per heavy atom. The van der Waals surface area contributed by atoms with Crippen LogP contribution in [0.3, 0.4) is 0 Å². The van der Waals surface area contributed by atoms with E-state index in [2.05, 4.69) is 32.6 Å². The van der Waals surface area contributed by atoms with Crippen molar-refractivity contribution in [2.45, 2.75) is 43.4 Å². The van der Waals surface area contributed by atoms with E-state index in [0.717, 1.165) is 28.1 Å². The Hall–Kier alpha value is -1.06. The van der Waals surface area contributed by atoms with Crippen molar-refractivity contribution in [3.05, 3.63) is 20.8 Å². The van der Waals surface area contributed by atoms with Gasteiger partial charge in [0.05, 0.1) is 3.79 Å². The van der Waals surface area contributed by atoms with Gasteiger partial charge < -0.3 is 10.6 Å². The molecule has 0 bridgehead atoms. The van der Waals surface area contributed by atoms with Crippen LogP contribution in [0, 0.1) is 0 Å². The standard InChI is InChI=1S/C17H22BrN3O3S2/c18-13-4-3-12(26-13)11-25-10-8-19-14(22)5-9-21-15(23)17(20-16(21)24)6-1-2-7-17/h3-4H,1-2,5-11H2,(H,19,22)(H,20,24). The van der Waals surface area contributed by atoms with Crippen molar-refractivity contribution in [2.75, 3.05) is 18.8 Å². The van der Waals surface area contributed by atoms with Crippen LogP contribution in [-0.4, -0.2) is 47.1 Å². The molecule has 9 heteroatoms. The maximum Gasteiger partial charge on any atom is 0.325 e. The maximum absolute atomic E-state index is 12.5.